The molecule has 1 aromatic rings. The van der Waals surface area contributed by atoms with Crippen molar-refractivity contribution in [1.82, 2.24) is 14.9 Å². The summed E-state index contributed by atoms with van der Waals surface area (Å²) in [5, 5.41) is 4.91. The van der Waals surface area contributed by atoms with E-state index in [9.17, 15) is 18.0 Å². The van der Waals surface area contributed by atoms with E-state index in [1.54, 1.807) is 19.1 Å². The molecule has 138 valence electrons. The van der Waals surface area contributed by atoms with Crippen LogP contribution in [0.4, 0.5) is 0 Å². The van der Waals surface area contributed by atoms with E-state index in [1.807, 2.05) is 0 Å². The summed E-state index contributed by atoms with van der Waals surface area (Å²) in [5.41, 5.74) is 0. The van der Waals surface area contributed by atoms with E-state index in [0.717, 1.165) is 0 Å². The zero-order valence-electron chi connectivity index (χ0n) is 14.3. The predicted molar refractivity (Wildman–Crippen MR) is 91.6 cm³/mol. The fourth-order valence-electron chi connectivity index (χ4n) is 2.74. The maximum absolute atomic E-state index is 12.8. The van der Waals surface area contributed by atoms with Crippen molar-refractivity contribution < 1.29 is 22.7 Å². The monoisotopic (exact) mass is 369 g/mol. The summed E-state index contributed by atoms with van der Waals surface area (Å²) in [6.45, 7) is 2.56. The van der Waals surface area contributed by atoms with Crippen LogP contribution in [0.5, 0.6) is 5.75 Å². The Balaban J connectivity index is 2.06. The minimum Gasteiger partial charge on any atom is -0.497 e. The van der Waals surface area contributed by atoms with Gasteiger partial charge in [-0.1, -0.05) is 0 Å². The van der Waals surface area contributed by atoms with Crippen molar-refractivity contribution in [3.63, 3.8) is 0 Å². The van der Waals surface area contributed by atoms with Gasteiger partial charge in [-0.2, -0.15) is 4.31 Å². The summed E-state index contributed by atoms with van der Waals surface area (Å²) >= 11 is 0. The van der Waals surface area contributed by atoms with Gasteiger partial charge >= 0.3 is 11.8 Å². The van der Waals surface area contributed by atoms with Crippen molar-refractivity contribution in [3.05, 3.63) is 24.3 Å². The number of nitrogens with one attached hydrogen (secondary N) is 2. The summed E-state index contributed by atoms with van der Waals surface area (Å²) in [7, 11) is -2.15. The highest BCUT2D eigenvalue weighted by molar-refractivity contribution is 7.89. The van der Waals surface area contributed by atoms with Gasteiger partial charge in [-0.15, -0.1) is 0 Å². The van der Waals surface area contributed by atoms with E-state index in [1.165, 1.54) is 23.5 Å². The number of benzene rings is 1. The van der Waals surface area contributed by atoms with Crippen LogP contribution in [0, 0.1) is 0 Å². The van der Waals surface area contributed by atoms with E-state index in [4.69, 9.17) is 4.74 Å². The largest absolute Gasteiger partial charge is 0.497 e. The molecule has 1 saturated heterocycles. The minimum atomic E-state index is -3.67. The summed E-state index contributed by atoms with van der Waals surface area (Å²) in [6.07, 6.45) is 1.34. The molecular weight excluding hydrogens is 346 g/mol. The van der Waals surface area contributed by atoms with Gasteiger partial charge in [0.2, 0.25) is 10.0 Å². The average Bonchev–Trinajstić information content (AvgIpc) is 3.09. The van der Waals surface area contributed by atoms with Crippen LogP contribution in [0.3, 0.4) is 0 Å². The summed E-state index contributed by atoms with van der Waals surface area (Å²) in [5.74, 6) is -0.897. The fourth-order valence-corrected chi connectivity index (χ4v) is 4.44. The highest BCUT2D eigenvalue weighted by Gasteiger charge is 2.35. The normalized spacial score (nSPS) is 17.9. The molecule has 2 N–H and O–H groups in total. The number of likely N-dealkylation sites (N-methyl/N-ethyl adjacent to an activating group) is 1. The summed E-state index contributed by atoms with van der Waals surface area (Å²) < 4.78 is 32.1. The Hall–Kier alpha value is -2.13. The van der Waals surface area contributed by atoms with Crippen molar-refractivity contribution in [2.24, 2.45) is 0 Å². The standard InChI is InChI=1S/C16H23N3O5S/c1-3-17-15(20)16(21)18-11-12-5-4-10-19(12)25(22,23)14-8-6-13(24-2)7-9-14/h6-9,12H,3-5,10-11H2,1-2H3,(H,17,20)(H,18,21). The first-order chi connectivity index (χ1) is 11.9. The molecule has 0 saturated carbocycles. The number of carbonyl (C=O) groups is 2. The highest BCUT2D eigenvalue weighted by Crippen LogP contribution is 2.26. The van der Waals surface area contributed by atoms with E-state index in [-0.39, 0.29) is 17.5 Å². The van der Waals surface area contributed by atoms with Gasteiger partial charge in [0.1, 0.15) is 5.75 Å². The van der Waals surface area contributed by atoms with Crippen LogP contribution in [0.1, 0.15) is 19.8 Å². The third-order valence-electron chi connectivity index (χ3n) is 4.03. The van der Waals surface area contributed by atoms with Crippen molar-refractivity contribution in [1.29, 1.82) is 0 Å². The Labute approximate surface area is 147 Å². The Morgan fingerprint density at radius 2 is 1.84 bits per heavy atom. The molecule has 0 radical (unpaired) electrons. The number of carbonyl (C=O) groups excluding carboxylic acids is 2. The SMILES string of the molecule is CCNC(=O)C(=O)NCC1CCCN1S(=O)(=O)c1ccc(OC)cc1. The Bertz CT molecular complexity index is 718. The molecule has 0 spiro atoms. The molecule has 1 fully saturated rings. The van der Waals surface area contributed by atoms with E-state index in [0.29, 0.717) is 31.7 Å². The third-order valence-corrected chi connectivity index (χ3v) is 6.00. The molecule has 9 heteroatoms. The smallest absolute Gasteiger partial charge is 0.309 e. The van der Waals surface area contributed by atoms with Crippen LogP contribution in [-0.4, -0.2) is 57.3 Å². The Kier molecular flexibility index (Phi) is 6.38. The zero-order valence-corrected chi connectivity index (χ0v) is 15.1. The van der Waals surface area contributed by atoms with Crippen LogP contribution >= 0.6 is 0 Å². The molecule has 2 rings (SSSR count). The topological polar surface area (TPSA) is 105 Å². The van der Waals surface area contributed by atoms with E-state index in [2.05, 4.69) is 10.6 Å². The van der Waals surface area contributed by atoms with Crippen molar-refractivity contribution in [2.75, 3.05) is 26.7 Å². The van der Waals surface area contributed by atoms with Crippen LogP contribution in [-0.2, 0) is 19.6 Å². The second kappa shape index (κ2) is 8.30. The number of nitrogens with zero attached hydrogens (tertiary/aromatic N) is 1. The molecule has 1 atom stereocenters. The van der Waals surface area contributed by atoms with Gasteiger partial charge in [0, 0.05) is 25.7 Å². The molecule has 0 bridgehead atoms. The van der Waals surface area contributed by atoms with Crippen molar-refractivity contribution in [3.8, 4) is 5.75 Å². The van der Waals surface area contributed by atoms with Crippen LogP contribution in [0.15, 0.2) is 29.2 Å². The number of hydrogen-bond acceptors (Lipinski definition) is 5. The number of sulfonamides is 1. The summed E-state index contributed by atoms with van der Waals surface area (Å²) in [6, 6.07) is 5.81. The maximum Gasteiger partial charge on any atom is 0.309 e. The number of rotatable bonds is 6. The average molecular weight is 369 g/mol. The molecule has 1 aromatic carbocycles. The summed E-state index contributed by atoms with van der Waals surface area (Å²) in [4.78, 5) is 23.3. The minimum absolute atomic E-state index is 0.103. The Morgan fingerprint density at radius 3 is 2.44 bits per heavy atom. The third kappa shape index (κ3) is 4.49. The van der Waals surface area contributed by atoms with Gasteiger partial charge in [-0.05, 0) is 44.0 Å². The number of hydrogen-bond donors (Lipinski definition) is 2. The molecule has 1 unspecified atom stereocenters. The van der Waals surface area contributed by atoms with Gasteiger partial charge in [0.25, 0.3) is 0 Å². The first kappa shape index (κ1) is 19.2. The highest BCUT2D eigenvalue weighted by atomic mass is 32.2. The van der Waals surface area contributed by atoms with Crippen molar-refractivity contribution in [2.45, 2.75) is 30.7 Å². The molecule has 1 heterocycles. The van der Waals surface area contributed by atoms with Crippen molar-refractivity contribution >= 4 is 21.8 Å². The predicted octanol–water partition coefficient (Wildman–Crippen LogP) is 0.101. The Morgan fingerprint density at radius 1 is 1.20 bits per heavy atom. The molecule has 0 aliphatic carbocycles. The fraction of sp³-hybridized carbons (Fsp3) is 0.500. The van der Waals surface area contributed by atoms with E-state index >= 15 is 0 Å². The zero-order chi connectivity index (χ0) is 18.4. The second-order valence-corrected chi connectivity index (χ2v) is 7.55. The quantitative estimate of drug-likeness (QED) is 0.692. The lowest BCUT2D eigenvalue weighted by Crippen LogP contribution is -2.46. The number of methoxy groups -OCH3 is 1. The number of ether oxygens (including phenoxy) is 1. The molecule has 8 nitrogen and oxygen atoms in total. The van der Waals surface area contributed by atoms with Gasteiger partial charge in [-0.3, -0.25) is 9.59 Å². The van der Waals surface area contributed by atoms with E-state index < -0.39 is 21.8 Å². The van der Waals surface area contributed by atoms with Crippen LogP contribution in [0.25, 0.3) is 0 Å². The first-order valence-corrected chi connectivity index (χ1v) is 9.56. The molecule has 25 heavy (non-hydrogen) atoms. The van der Waals surface area contributed by atoms with Crippen LogP contribution in [0.2, 0.25) is 0 Å². The molecule has 2 amide bonds. The van der Waals surface area contributed by atoms with Gasteiger partial charge in [-0.25, -0.2) is 8.42 Å². The molecule has 1 aliphatic rings. The lowest BCUT2D eigenvalue weighted by molar-refractivity contribution is -0.139. The molecular formula is C16H23N3O5S. The maximum atomic E-state index is 12.8. The second-order valence-electron chi connectivity index (χ2n) is 5.66. The lowest BCUT2D eigenvalue weighted by Gasteiger charge is -2.24. The van der Waals surface area contributed by atoms with Crippen LogP contribution < -0.4 is 15.4 Å². The molecule has 0 aromatic heterocycles. The molecule has 1 aliphatic heterocycles. The lowest BCUT2D eigenvalue weighted by atomic mass is 10.2. The number of amides is 2. The first-order valence-electron chi connectivity index (χ1n) is 8.12. The van der Waals surface area contributed by atoms with Gasteiger partial charge in [0.15, 0.2) is 0 Å². The van der Waals surface area contributed by atoms with Gasteiger partial charge in [0.05, 0.1) is 12.0 Å². The van der Waals surface area contributed by atoms with Gasteiger partial charge < -0.3 is 15.4 Å².